The van der Waals surface area contributed by atoms with Gasteiger partial charge in [-0.1, -0.05) is 62.2 Å². The molecule has 2 aromatic carbocycles. The molecule has 1 spiro atoms. The molecule has 1 saturated heterocycles. The van der Waals surface area contributed by atoms with Gasteiger partial charge in [-0.3, -0.25) is 9.59 Å². The van der Waals surface area contributed by atoms with Crippen LogP contribution in [0.1, 0.15) is 57.1 Å². The van der Waals surface area contributed by atoms with E-state index in [1.165, 1.54) is 6.07 Å². The zero-order valence-electron chi connectivity index (χ0n) is 19.3. The van der Waals surface area contributed by atoms with E-state index >= 15 is 4.39 Å². The molecular formula is C26H28Cl2FN3O2. The molecule has 34 heavy (non-hydrogen) atoms. The van der Waals surface area contributed by atoms with Crippen LogP contribution in [0.2, 0.25) is 10.0 Å². The number of halogens is 3. The van der Waals surface area contributed by atoms with Crippen LogP contribution < -0.4 is 16.0 Å². The molecule has 3 aliphatic rings. The first-order chi connectivity index (χ1) is 16.0. The van der Waals surface area contributed by atoms with Crippen LogP contribution in [0.4, 0.5) is 10.1 Å². The van der Waals surface area contributed by atoms with Crippen molar-refractivity contribution in [2.75, 3.05) is 5.32 Å². The van der Waals surface area contributed by atoms with Gasteiger partial charge in [0.15, 0.2) is 0 Å². The average molecular weight is 504 g/mol. The van der Waals surface area contributed by atoms with Gasteiger partial charge in [0, 0.05) is 28.7 Å². The third kappa shape index (κ3) is 3.80. The van der Waals surface area contributed by atoms with Crippen molar-refractivity contribution in [1.29, 1.82) is 0 Å². The molecule has 5 rings (SSSR count). The summed E-state index contributed by atoms with van der Waals surface area (Å²) in [6, 6.07) is 8.93. The third-order valence-corrected chi connectivity index (χ3v) is 7.67. The van der Waals surface area contributed by atoms with E-state index in [1.54, 1.807) is 24.3 Å². The Balaban J connectivity index is 1.75. The number of carbonyl (C=O) groups excluding carboxylic acids is 2. The van der Waals surface area contributed by atoms with Crippen LogP contribution in [0, 0.1) is 11.2 Å². The van der Waals surface area contributed by atoms with Crippen molar-refractivity contribution in [3.05, 3.63) is 63.4 Å². The molecule has 0 radical (unpaired) electrons. The molecule has 0 bridgehead atoms. The van der Waals surface area contributed by atoms with Crippen LogP contribution in [0.3, 0.4) is 0 Å². The van der Waals surface area contributed by atoms with Crippen LogP contribution in [0.15, 0.2) is 36.4 Å². The summed E-state index contributed by atoms with van der Waals surface area (Å²) >= 11 is 12.4. The quantitative estimate of drug-likeness (QED) is 0.539. The lowest BCUT2D eigenvalue weighted by Gasteiger charge is -2.37. The molecule has 2 aliphatic heterocycles. The molecule has 0 aromatic heterocycles. The lowest BCUT2D eigenvalue weighted by atomic mass is 9.62. The maximum Gasteiger partial charge on any atom is 0.238 e. The molecule has 8 heteroatoms. The summed E-state index contributed by atoms with van der Waals surface area (Å²) in [7, 11) is 0. The largest absolute Gasteiger partial charge is 0.352 e. The predicted molar refractivity (Wildman–Crippen MR) is 132 cm³/mol. The number of rotatable bonds is 4. The van der Waals surface area contributed by atoms with E-state index in [4.69, 9.17) is 23.2 Å². The van der Waals surface area contributed by atoms with Gasteiger partial charge >= 0.3 is 0 Å². The van der Waals surface area contributed by atoms with E-state index in [0.29, 0.717) is 17.1 Å². The van der Waals surface area contributed by atoms with Crippen LogP contribution in [-0.4, -0.2) is 29.9 Å². The molecular weight excluding hydrogens is 476 g/mol. The van der Waals surface area contributed by atoms with Gasteiger partial charge < -0.3 is 16.0 Å². The Bertz CT molecular complexity index is 1180. The Labute approximate surface area is 208 Å². The third-order valence-electron chi connectivity index (χ3n) is 7.14. The highest BCUT2D eigenvalue weighted by molar-refractivity contribution is 6.31. The Morgan fingerprint density at radius 3 is 2.62 bits per heavy atom. The highest BCUT2D eigenvalue weighted by Crippen LogP contribution is 2.57. The minimum Gasteiger partial charge on any atom is -0.352 e. The van der Waals surface area contributed by atoms with Crippen molar-refractivity contribution in [2.24, 2.45) is 5.41 Å². The number of anilines is 1. The predicted octanol–water partition coefficient (Wildman–Crippen LogP) is 5.16. The van der Waals surface area contributed by atoms with Crippen LogP contribution in [-0.2, 0) is 15.0 Å². The molecule has 1 saturated carbocycles. The van der Waals surface area contributed by atoms with Crippen molar-refractivity contribution >= 4 is 40.7 Å². The minimum absolute atomic E-state index is 0.0389. The number of fused-ring (bicyclic) bond motifs is 2. The first-order valence-electron chi connectivity index (χ1n) is 11.6. The molecule has 5 nitrogen and oxygen atoms in total. The molecule has 2 amide bonds. The molecule has 2 heterocycles. The minimum atomic E-state index is -1.22. The van der Waals surface area contributed by atoms with Crippen LogP contribution in [0.25, 0.3) is 0 Å². The molecule has 180 valence electrons. The summed E-state index contributed by atoms with van der Waals surface area (Å²) in [4.78, 5) is 27.5. The summed E-state index contributed by atoms with van der Waals surface area (Å²) in [6.07, 6.45) is 2.44. The summed E-state index contributed by atoms with van der Waals surface area (Å²) in [5, 5.41) is 9.97. The summed E-state index contributed by atoms with van der Waals surface area (Å²) < 4.78 is 15.6. The number of benzene rings is 2. The van der Waals surface area contributed by atoms with E-state index in [0.717, 1.165) is 18.4 Å². The van der Waals surface area contributed by atoms with Crippen LogP contribution in [0.5, 0.6) is 0 Å². The van der Waals surface area contributed by atoms with Gasteiger partial charge in [-0.2, -0.15) is 0 Å². The first-order valence-corrected chi connectivity index (χ1v) is 12.4. The zero-order chi connectivity index (χ0) is 24.4. The van der Waals surface area contributed by atoms with Crippen molar-refractivity contribution in [3.63, 3.8) is 0 Å². The average Bonchev–Trinajstić information content (AvgIpc) is 3.43. The summed E-state index contributed by atoms with van der Waals surface area (Å²) in [6.45, 7) is 6.26. The number of hydrogen-bond donors (Lipinski definition) is 3. The fourth-order valence-corrected chi connectivity index (χ4v) is 6.02. The van der Waals surface area contributed by atoms with E-state index in [-0.39, 0.29) is 33.9 Å². The van der Waals surface area contributed by atoms with Gasteiger partial charge in [-0.15, -0.1) is 0 Å². The van der Waals surface area contributed by atoms with Crippen molar-refractivity contribution in [2.45, 2.75) is 69.5 Å². The van der Waals surface area contributed by atoms with Crippen molar-refractivity contribution in [3.8, 4) is 0 Å². The van der Waals surface area contributed by atoms with E-state index < -0.39 is 29.2 Å². The fourth-order valence-electron chi connectivity index (χ4n) is 5.67. The van der Waals surface area contributed by atoms with E-state index in [9.17, 15) is 9.59 Å². The maximum absolute atomic E-state index is 15.6. The highest BCUT2D eigenvalue weighted by atomic mass is 35.5. The first kappa shape index (κ1) is 23.6. The van der Waals surface area contributed by atoms with Gasteiger partial charge in [-0.05, 0) is 54.0 Å². The Morgan fingerprint density at radius 1 is 1.21 bits per heavy atom. The van der Waals surface area contributed by atoms with E-state index in [1.807, 2.05) is 6.07 Å². The molecule has 1 aliphatic carbocycles. The topological polar surface area (TPSA) is 70.2 Å². The van der Waals surface area contributed by atoms with Gasteiger partial charge in [0.25, 0.3) is 0 Å². The molecule has 1 unspecified atom stereocenters. The smallest absolute Gasteiger partial charge is 0.238 e. The van der Waals surface area contributed by atoms with Gasteiger partial charge in [-0.25, -0.2) is 4.39 Å². The second-order valence-electron chi connectivity index (χ2n) is 10.9. The van der Waals surface area contributed by atoms with Crippen molar-refractivity contribution in [1.82, 2.24) is 10.6 Å². The van der Waals surface area contributed by atoms with Crippen molar-refractivity contribution < 1.29 is 14.0 Å². The number of carbonyl (C=O) groups is 2. The van der Waals surface area contributed by atoms with Gasteiger partial charge in [0.1, 0.15) is 11.2 Å². The maximum atomic E-state index is 15.6. The Kier molecular flexibility index (Phi) is 5.70. The zero-order valence-corrected chi connectivity index (χ0v) is 20.9. The summed E-state index contributed by atoms with van der Waals surface area (Å²) in [5.74, 6) is -1.90. The van der Waals surface area contributed by atoms with Crippen LogP contribution >= 0.6 is 23.2 Å². The van der Waals surface area contributed by atoms with Gasteiger partial charge in [0.2, 0.25) is 11.8 Å². The fraction of sp³-hybridized carbons (Fsp3) is 0.462. The normalized spacial score (nSPS) is 28.2. The Morgan fingerprint density at radius 2 is 1.94 bits per heavy atom. The van der Waals surface area contributed by atoms with Gasteiger partial charge in [0.05, 0.1) is 11.1 Å². The number of amides is 2. The molecule has 2 aromatic rings. The monoisotopic (exact) mass is 503 g/mol. The number of nitrogens with one attached hydrogen (secondary N) is 3. The second kappa shape index (κ2) is 8.21. The second-order valence-corrected chi connectivity index (χ2v) is 11.7. The lowest BCUT2D eigenvalue weighted by molar-refractivity contribution is -0.124. The molecule has 2 fully saturated rings. The lowest BCUT2D eigenvalue weighted by Crippen LogP contribution is -2.49. The molecule has 3 N–H and O–H groups in total. The highest BCUT2D eigenvalue weighted by Gasteiger charge is 2.66. The molecule has 4 atom stereocenters. The van der Waals surface area contributed by atoms with E-state index in [2.05, 4.69) is 36.7 Å². The SMILES string of the molecule is CC(C)(C)C[C@@H]1N[C@@H](C(=O)NC2CC2)[C@H](c2cccc(Cl)c2F)C12C(=O)Nc1cc(Cl)ccc12. The number of hydrogen-bond acceptors (Lipinski definition) is 3. The summed E-state index contributed by atoms with van der Waals surface area (Å²) in [5.41, 5.74) is 0.179. The Hall–Kier alpha value is -2.15. The standard InChI is InChI=1S/C26H28Cl2FN3O2/c1-25(2,3)12-19-26(16-10-7-13(27)11-18(16)31-24(26)34)20(15-5-4-6-17(28)21(15)29)22(32-19)23(33)30-14-8-9-14/h4-7,10-11,14,19-20,22,32H,8-9,12H2,1-3H3,(H,30,33)(H,31,34)/t19-,20-,22+,26?/m0/s1.